The summed E-state index contributed by atoms with van der Waals surface area (Å²) in [6.45, 7) is 2.92. The molecule has 0 aliphatic heterocycles. The largest absolute Gasteiger partial charge is 0.491 e. The minimum Gasteiger partial charge on any atom is -0.491 e. The maximum Gasteiger partial charge on any atom is 0.159 e. The minimum atomic E-state index is -1.00. The number of carbonyl (C=O) groups excluding carboxylic acids is 1. The molecule has 0 saturated carbocycles. The van der Waals surface area contributed by atoms with Crippen molar-refractivity contribution < 1.29 is 13.9 Å². The van der Waals surface area contributed by atoms with Crippen molar-refractivity contribution in [2.75, 3.05) is 6.61 Å². The molecule has 76 valence electrons. The lowest BCUT2D eigenvalue weighted by Gasteiger charge is -2.07. The lowest BCUT2D eigenvalue weighted by molar-refractivity contribution is 0.101. The van der Waals surface area contributed by atoms with Crippen molar-refractivity contribution in [2.24, 2.45) is 0 Å². The van der Waals surface area contributed by atoms with Gasteiger partial charge in [-0.1, -0.05) is 12.1 Å². The summed E-state index contributed by atoms with van der Waals surface area (Å²) in [7, 11) is 0. The zero-order valence-electron chi connectivity index (χ0n) is 8.29. The van der Waals surface area contributed by atoms with Crippen LogP contribution in [0, 0.1) is 0 Å². The van der Waals surface area contributed by atoms with Crippen molar-refractivity contribution >= 4 is 5.78 Å². The molecule has 2 nitrogen and oxygen atoms in total. The number of Topliss-reactive ketones (excluding diaryl/α,β-unsaturated/α-hetero) is 1. The smallest absolute Gasteiger partial charge is 0.159 e. The molecule has 0 N–H and O–H groups in total. The van der Waals surface area contributed by atoms with E-state index in [9.17, 15) is 9.18 Å². The van der Waals surface area contributed by atoms with E-state index in [1.807, 2.05) is 0 Å². The molecule has 1 aromatic rings. The Morgan fingerprint density at radius 3 is 2.86 bits per heavy atom. The minimum absolute atomic E-state index is 0.0152. The second-order valence-electron chi connectivity index (χ2n) is 3.18. The van der Waals surface area contributed by atoms with E-state index in [-0.39, 0.29) is 12.4 Å². The van der Waals surface area contributed by atoms with Crippen LogP contribution < -0.4 is 4.74 Å². The van der Waals surface area contributed by atoms with Gasteiger partial charge in [0.05, 0.1) is 0 Å². The SMILES string of the molecule is CC(=O)c1cccc(OCC(C)F)c1. The summed E-state index contributed by atoms with van der Waals surface area (Å²) in [4.78, 5) is 11.0. The molecule has 0 bridgehead atoms. The number of hydrogen-bond donors (Lipinski definition) is 0. The molecule has 3 heteroatoms. The summed E-state index contributed by atoms with van der Waals surface area (Å²) in [5.74, 6) is 0.506. The van der Waals surface area contributed by atoms with E-state index < -0.39 is 6.17 Å². The quantitative estimate of drug-likeness (QED) is 0.692. The summed E-state index contributed by atoms with van der Waals surface area (Å²) in [5.41, 5.74) is 0.578. The molecule has 0 aromatic heterocycles. The van der Waals surface area contributed by atoms with Crippen LogP contribution in [0.4, 0.5) is 4.39 Å². The van der Waals surface area contributed by atoms with Crippen LogP contribution in [0.1, 0.15) is 24.2 Å². The second kappa shape index (κ2) is 4.74. The fraction of sp³-hybridized carbons (Fsp3) is 0.364. The van der Waals surface area contributed by atoms with Crippen LogP contribution in [-0.4, -0.2) is 18.6 Å². The molecule has 1 aromatic carbocycles. The van der Waals surface area contributed by atoms with Crippen molar-refractivity contribution in [3.8, 4) is 5.75 Å². The van der Waals surface area contributed by atoms with E-state index in [0.717, 1.165) is 0 Å². The number of halogens is 1. The van der Waals surface area contributed by atoms with Gasteiger partial charge in [0.1, 0.15) is 18.5 Å². The molecule has 0 spiro atoms. The third kappa shape index (κ3) is 3.17. The van der Waals surface area contributed by atoms with Crippen LogP contribution in [0.15, 0.2) is 24.3 Å². The van der Waals surface area contributed by atoms with Gasteiger partial charge in [0.25, 0.3) is 0 Å². The van der Waals surface area contributed by atoms with Crippen molar-refractivity contribution in [1.29, 1.82) is 0 Å². The molecule has 0 aliphatic carbocycles. The molecular weight excluding hydrogens is 183 g/mol. The van der Waals surface area contributed by atoms with Crippen LogP contribution in [0.3, 0.4) is 0 Å². The monoisotopic (exact) mass is 196 g/mol. The highest BCUT2D eigenvalue weighted by molar-refractivity contribution is 5.94. The Morgan fingerprint density at radius 2 is 2.29 bits per heavy atom. The molecule has 14 heavy (non-hydrogen) atoms. The molecule has 0 saturated heterocycles. The van der Waals surface area contributed by atoms with Crippen LogP contribution >= 0.6 is 0 Å². The Balaban J connectivity index is 2.69. The molecule has 1 unspecified atom stereocenters. The normalized spacial score (nSPS) is 12.2. The van der Waals surface area contributed by atoms with Crippen LogP contribution in [0.2, 0.25) is 0 Å². The van der Waals surface area contributed by atoms with E-state index in [1.165, 1.54) is 13.8 Å². The van der Waals surface area contributed by atoms with Gasteiger partial charge in [-0.2, -0.15) is 0 Å². The van der Waals surface area contributed by atoms with Gasteiger partial charge in [0.2, 0.25) is 0 Å². The first kappa shape index (κ1) is 10.7. The average Bonchev–Trinajstić information content (AvgIpc) is 2.15. The van der Waals surface area contributed by atoms with E-state index in [0.29, 0.717) is 11.3 Å². The molecule has 0 fully saturated rings. The van der Waals surface area contributed by atoms with E-state index in [4.69, 9.17) is 4.74 Å². The summed E-state index contributed by atoms with van der Waals surface area (Å²) >= 11 is 0. The Bertz CT molecular complexity index is 321. The Kier molecular flexibility index (Phi) is 3.63. The van der Waals surface area contributed by atoms with Gasteiger partial charge in [-0.15, -0.1) is 0 Å². The highest BCUT2D eigenvalue weighted by Crippen LogP contribution is 2.14. The molecule has 0 heterocycles. The van der Waals surface area contributed by atoms with Gasteiger partial charge in [-0.05, 0) is 26.0 Å². The molecule has 0 radical (unpaired) electrons. The number of benzene rings is 1. The van der Waals surface area contributed by atoms with Gasteiger partial charge < -0.3 is 4.74 Å². The molecule has 0 aliphatic rings. The van der Waals surface area contributed by atoms with E-state index in [1.54, 1.807) is 24.3 Å². The third-order valence-electron chi connectivity index (χ3n) is 1.72. The third-order valence-corrected chi connectivity index (χ3v) is 1.72. The predicted molar refractivity (Wildman–Crippen MR) is 52.5 cm³/mol. The Labute approximate surface area is 82.7 Å². The first-order valence-electron chi connectivity index (χ1n) is 4.47. The number of alkyl halides is 1. The number of rotatable bonds is 4. The number of ether oxygens (including phenoxy) is 1. The maximum atomic E-state index is 12.5. The van der Waals surface area contributed by atoms with Crippen LogP contribution in [0.5, 0.6) is 5.75 Å². The van der Waals surface area contributed by atoms with Crippen molar-refractivity contribution in [3.63, 3.8) is 0 Å². The maximum absolute atomic E-state index is 12.5. The van der Waals surface area contributed by atoms with Crippen LogP contribution in [0.25, 0.3) is 0 Å². The number of ketones is 1. The highest BCUT2D eigenvalue weighted by atomic mass is 19.1. The summed E-state index contributed by atoms with van der Waals surface area (Å²) in [6.07, 6.45) is -1.00. The Hall–Kier alpha value is -1.38. The second-order valence-corrected chi connectivity index (χ2v) is 3.18. The summed E-state index contributed by atoms with van der Waals surface area (Å²) in [5, 5.41) is 0. The zero-order chi connectivity index (χ0) is 10.6. The fourth-order valence-electron chi connectivity index (χ4n) is 1.02. The van der Waals surface area contributed by atoms with Gasteiger partial charge in [0, 0.05) is 5.56 Å². The lowest BCUT2D eigenvalue weighted by atomic mass is 10.1. The summed E-state index contributed by atoms with van der Waals surface area (Å²) < 4.78 is 17.6. The van der Waals surface area contributed by atoms with Crippen molar-refractivity contribution in [1.82, 2.24) is 0 Å². The van der Waals surface area contributed by atoms with Gasteiger partial charge >= 0.3 is 0 Å². The summed E-state index contributed by atoms with van der Waals surface area (Å²) in [6, 6.07) is 6.74. The average molecular weight is 196 g/mol. The number of hydrogen-bond acceptors (Lipinski definition) is 2. The van der Waals surface area contributed by atoms with Crippen molar-refractivity contribution in [3.05, 3.63) is 29.8 Å². The Morgan fingerprint density at radius 1 is 1.57 bits per heavy atom. The molecule has 1 atom stereocenters. The first-order valence-corrected chi connectivity index (χ1v) is 4.47. The van der Waals surface area contributed by atoms with Crippen molar-refractivity contribution in [2.45, 2.75) is 20.0 Å². The molecular formula is C11H13FO2. The van der Waals surface area contributed by atoms with Gasteiger partial charge in [-0.3, -0.25) is 4.79 Å². The highest BCUT2D eigenvalue weighted by Gasteiger charge is 2.03. The number of carbonyl (C=O) groups is 1. The molecule has 0 amide bonds. The topological polar surface area (TPSA) is 26.3 Å². The predicted octanol–water partition coefficient (Wildman–Crippen LogP) is 2.63. The fourth-order valence-corrected chi connectivity index (χ4v) is 1.02. The van der Waals surface area contributed by atoms with Gasteiger partial charge in [0.15, 0.2) is 5.78 Å². The van der Waals surface area contributed by atoms with Crippen LogP contribution in [-0.2, 0) is 0 Å². The molecule has 1 rings (SSSR count). The zero-order valence-corrected chi connectivity index (χ0v) is 8.29. The first-order chi connectivity index (χ1) is 6.59. The lowest BCUT2D eigenvalue weighted by Crippen LogP contribution is -2.08. The van der Waals surface area contributed by atoms with E-state index in [2.05, 4.69) is 0 Å². The van der Waals surface area contributed by atoms with E-state index >= 15 is 0 Å². The van der Waals surface area contributed by atoms with Gasteiger partial charge in [-0.25, -0.2) is 4.39 Å². The standard InChI is InChI=1S/C11H13FO2/c1-8(12)7-14-11-5-3-4-10(6-11)9(2)13/h3-6,8H,7H2,1-2H3.